The highest BCUT2D eigenvalue weighted by atomic mass is 16.5. The van der Waals surface area contributed by atoms with Gasteiger partial charge >= 0.3 is 0 Å². The molecule has 0 atom stereocenters. The summed E-state index contributed by atoms with van der Waals surface area (Å²) in [6.45, 7) is 5.40. The van der Waals surface area contributed by atoms with Crippen LogP contribution >= 0.6 is 0 Å². The highest BCUT2D eigenvalue weighted by Crippen LogP contribution is 2.14. The van der Waals surface area contributed by atoms with Crippen LogP contribution in [0, 0.1) is 13.8 Å². The van der Waals surface area contributed by atoms with Crippen molar-refractivity contribution < 1.29 is 13.9 Å². The predicted octanol–water partition coefficient (Wildman–Crippen LogP) is 3.18. The molecule has 1 aromatic carbocycles. The normalized spacial score (nSPS) is 11.0. The Morgan fingerprint density at radius 2 is 1.96 bits per heavy atom. The van der Waals surface area contributed by atoms with Gasteiger partial charge in [-0.3, -0.25) is 4.79 Å². The minimum atomic E-state index is -0.118. The third-order valence-electron chi connectivity index (χ3n) is 3.91. The highest BCUT2D eigenvalue weighted by molar-refractivity contribution is 5.97. The lowest BCUT2D eigenvalue weighted by Crippen LogP contribution is -2.25. The van der Waals surface area contributed by atoms with Gasteiger partial charge in [-0.2, -0.15) is 0 Å². The van der Waals surface area contributed by atoms with Crippen LogP contribution < -0.4 is 5.32 Å². The van der Waals surface area contributed by atoms with Gasteiger partial charge in [-0.25, -0.2) is 9.97 Å². The average Bonchev–Trinajstić information content (AvgIpc) is 3.12. The molecule has 1 amide bonds. The largest absolute Gasteiger partial charge is 0.467 e. The Bertz CT molecular complexity index is 860. The Morgan fingerprint density at radius 1 is 1.16 bits per heavy atom. The first-order valence-electron chi connectivity index (χ1n) is 8.27. The number of ether oxygens (including phenoxy) is 1. The number of amides is 1. The molecule has 0 radical (unpaired) electrons. The summed E-state index contributed by atoms with van der Waals surface area (Å²) in [6, 6.07) is 9.07. The number of benzene rings is 1. The van der Waals surface area contributed by atoms with Gasteiger partial charge < -0.3 is 14.5 Å². The summed E-state index contributed by atoms with van der Waals surface area (Å²) in [4.78, 5) is 21.2. The SMILES string of the molecule is Cc1nc2ccc(C(=O)NCCCOCc3ccco3)cc2nc1C. The van der Waals surface area contributed by atoms with E-state index in [1.807, 2.05) is 32.0 Å². The number of carbonyl (C=O) groups excluding carboxylic acids is 1. The van der Waals surface area contributed by atoms with Crippen LogP contribution in [0.3, 0.4) is 0 Å². The summed E-state index contributed by atoms with van der Waals surface area (Å²) in [6.07, 6.45) is 2.35. The van der Waals surface area contributed by atoms with Gasteiger partial charge in [0.05, 0.1) is 28.7 Å². The average molecular weight is 339 g/mol. The lowest BCUT2D eigenvalue weighted by atomic mass is 10.1. The molecule has 6 heteroatoms. The Kier molecular flexibility index (Phi) is 5.40. The van der Waals surface area contributed by atoms with Crippen molar-refractivity contribution in [2.45, 2.75) is 26.9 Å². The Morgan fingerprint density at radius 3 is 2.72 bits per heavy atom. The van der Waals surface area contributed by atoms with Crippen LogP contribution in [0.25, 0.3) is 11.0 Å². The van der Waals surface area contributed by atoms with Gasteiger partial charge in [0.2, 0.25) is 0 Å². The number of aryl methyl sites for hydroxylation is 2. The molecule has 0 fully saturated rings. The van der Waals surface area contributed by atoms with Gasteiger partial charge in [-0.05, 0) is 50.6 Å². The summed E-state index contributed by atoms with van der Waals surface area (Å²) in [5.41, 5.74) is 3.89. The molecule has 0 saturated carbocycles. The van der Waals surface area contributed by atoms with Crippen LogP contribution in [0.2, 0.25) is 0 Å². The van der Waals surface area contributed by atoms with E-state index in [0.29, 0.717) is 25.3 Å². The number of nitrogens with zero attached hydrogens (tertiary/aromatic N) is 2. The van der Waals surface area contributed by atoms with Crippen molar-refractivity contribution in [3.8, 4) is 0 Å². The van der Waals surface area contributed by atoms with E-state index in [0.717, 1.165) is 34.6 Å². The zero-order valence-electron chi connectivity index (χ0n) is 14.4. The second-order valence-electron chi connectivity index (χ2n) is 5.84. The standard InChI is InChI=1S/C19H21N3O3/c1-13-14(2)22-18-11-15(6-7-17(18)21-13)19(23)20-8-4-9-24-12-16-5-3-10-25-16/h3,5-7,10-11H,4,8-9,12H2,1-2H3,(H,20,23). The number of nitrogens with one attached hydrogen (secondary N) is 1. The molecule has 3 aromatic rings. The van der Waals surface area contributed by atoms with Crippen molar-refractivity contribution in [2.75, 3.05) is 13.2 Å². The molecule has 2 heterocycles. The van der Waals surface area contributed by atoms with Crippen molar-refractivity contribution in [2.24, 2.45) is 0 Å². The monoisotopic (exact) mass is 339 g/mol. The number of rotatable bonds is 7. The molecule has 0 aliphatic heterocycles. The molecule has 0 saturated heterocycles. The number of carbonyl (C=O) groups is 1. The first-order valence-corrected chi connectivity index (χ1v) is 8.27. The van der Waals surface area contributed by atoms with Gasteiger partial charge in [0, 0.05) is 18.7 Å². The van der Waals surface area contributed by atoms with Crippen LogP contribution in [0.5, 0.6) is 0 Å². The smallest absolute Gasteiger partial charge is 0.251 e. The first kappa shape index (κ1) is 17.1. The third-order valence-corrected chi connectivity index (χ3v) is 3.91. The van der Waals surface area contributed by atoms with E-state index in [1.54, 1.807) is 18.4 Å². The molecule has 0 spiro atoms. The van der Waals surface area contributed by atoms with E-state index >= 15 is 0 Å². The van der Waals surface area contributed by atoms with Crippen molar-refractivity contribution in [1.29, 1.82) is 0 Å². The molecular weight excluding hydrogens is 318 g/mol. The molecule has 25 heavy (non-hydrogen) atoms. The quantitative estimate of drug-likeness (QED) is 0.669. The molecule has 3 rings (SSSR count). The van der Waals surface area contributed by atoms with Gasteiger partial charge in [0.1, 0.15) is 12.4 Å². The Hall–Kier alpha value is -2.73. The van der Waals surface area contributed by atoms with E-state index in [4.69, 9.17) is 9.15 Å². The fourth-order valence-corrected chi connectivity index (χ4v) is 2.42. The lowest BCUT2D eigenvalue weighted by molar-refractivity contribution is 0.0917. The highest BCUT2D eigenvalue weighted by Gasteiger charge is 2.08. The Labute approximate surface area is 146 Å². The van der Waals surface area contributed by atoms with E-state index in [1.165, 1.54) is 0 Å². The predicted molar refractivity (Wildman–Crippen MR) is 94.3 cm³/mol. The summed E-state index contributed by atoms with van der Waals surface area (Å²) in [7, 11) is 0. The zero-order chi connectivity index (χ0) is 17.6. The second-order valence-corrected chi connectivity index (χ2v) is 5.84. The van der Waals surface area contributed by atoms with Gasteiger partial charge in [-0.15, -0.1) is 0 Å². The number of hydrogen-bond acceptors (Lipinski definition) is 5. The number of furan rings is 1. The van der Waals surface area contributed by atoms with Crippen molar-refractivity contribution in [3.63, 3.8) is 0 Å². The van der Waals surface area contributed by atoms with Crippen LogP contribution in [0.4, 0.5) is 0 Å². The van der Waals surface area contributed by atoms with Crippen molar-refractivity contribution >= 4 is 16.9 Å². The van der Waals surface area contributed by atoms with Gasteiger partial charge in [-0.1, -0.05) is 0 Å². The molecule has 0 aliphatic rings. The topological polar surface area (TPSA) is 77.2 Å². The van der Waals surface area contributed by atoms with Crippen LogP contribution in [0.15, 0.2) is 41.0 Å². The van der Waals surface area contributed by atoms with Crippen molar-refractivity contribution in [1.82, 2.24) is 15.3 Å². The molecule has 6 nitrogen and oxygen atoms in total. The van der Waals surface area contributed by atoms with Gasteiger partial charge in [0.25, 0.3) is 5.91 Å². The zero-order valence-corrected chi connectivity index (χ0v) is 14.4. The third kappa shape index (κ3) is 4.42. The Balaban J connectivity index is 1.47. The second kappa shape index (κ2) is 7.90. The number of aromatic nitrogens is 2. The fraction of sp³-hybridized carbons (Fsp3) is 0.316. The van der Waals surface area contributed by atoms with Gasteiger partial charge in [0.15, 0.2) is 0 Å². The summed E-state index contributed by atoms with van der Waals surface area (Å²) >= 11 is 0. The lowest BCUT2D eigenvalue weighted by Gasteiger charge is -2.07. The molecule has 130 valence electrons. The van der Waals surface area contributed by atoms with Crippen LogP contribution in [-0.2, 0) is 11.3 Å². The summed E-state index contributed by atoms with van der Waals surface area (Å²) < 4.78 is 10.7. The molecule has 2 aromatic heterocycles. The maximum absolute atomic E-state index is 12.2. The molecular formula is C19H21N3O3. The van der Waals surface area contributed by atoms with E-state index < -0.39 is 0 Å². The first-order chi connectivity index (χ1) is 12.1. The molecule has 0 bridgehead atoms. The summed E-state index contributed by atoms with van der Waals surface area (Å²) in [5, 5.41) is 2.89. The summed E-state index contributed by atoms with van der Waals surface area (Å²) in [5.74, 6) is 0.680. The van der Waals surface area contributed by atoms with E-state index in [2.05, 4.69) is 15.3 Å². The van der Waals surface area contributed by atoms with Crippen LogP contribution in [0.1, 0.15) is 33.9 Å². The fourth-order valence-electron chi connectivity index (χ4n) is 2.42. The van der Waals surface area contributed by atoms with Crippen LogP contribution in [-0.4, -0.2) is 29.0 Å². The number of hydrogen-bond donors (Lipinski definition) is 1. The van der Waals surface area contributed by atoms with Crippen molar-refractivity contribution in [3.05, 3.63) is 59.3 Å². The molecule has 0 aliphatic carbocycles. The number of fused-ring (bicyclic) bond motifs is 1. The van der Waals surface area contributed by atoms with E-state index in [-0.39, 0.29) is 5.91 Å². The minimum absolute atomic E-state index is 0.118. The minimum Gasteiger partial charge on any atom is -0.467 e. The molecule has 1 N–H and O–H groups in total. The maximum Gasteiger partial charge on any atom is 0.251 e. The molecule has 0 unspecified atom stereocenters. The maximum atomic E-state index is 12.2. The van der Waals surface area contributed by atoms with E-state index in [9.17, 15) is 4.79 Å².